The molecule has 1 saturated carbocycles. The summed E-state index contributed by atoms with van der Waals surface area (Å²) in [6.45, 7) is 1.67. The van der Waals surface area contributed by atoms with Crippen LogP contribution in [0.25, 0.3) is 0 Å². The van der Waals surface area contributed by atoms with E-state index in [4.69, 9.17) is 23.2 Å². The Morgan fingerprint density at radius 2 is 1.72 bits per heavy atom. The third kappa shape index (κ3) is 7.60. The van der Waals surface area contributed by atoms with E-state index in [1.165, 1.54) is 23.1 Å². The van der Waals surface area contributed by atoms with Crippen LogP contribution in [0.5, 0.6) is 0 Å². The number of anilines is 1. The van der Waals surface area contributed by atoms with Crippen molar-refractivity contribution >= 4 is 50.7 Å². The number of halogens is 2. The smallest absolute Gasteiger partial charge is 0.244 e. The second-order valence-electron chi connectivity index (χ2n) is 9.10. The fourth-order valence-corrected chi connectivity index (χ4v) is 5.65. The molecule has 1 fully saturated rings. The second-order valence-corrected chi connectivity index (χ2v) is 11.8. The minimum absolute atomic E-state index is 0.112. The molecule has 0 bridgehead atoms. The first kappa shape index (κ1) is 28.3. The predicted octanol–water partition coefficient (Wildman–Crippen LogP) is 4.67. The molecule has 1 unspecified atom stereocenters. The Morgan fingerprint density at radius 3 is 2.31 bits per heavy atom. The van der Waals surface area contributed by atoms with Crippen molar-refractivity contribution in [2.75, 3.05) is 23.7 Å². The van der Waals surface area contributed by atoms with Crippen LogP contribution >= 0.6 is 23.2 Å². The molecule has 196 valence electrons. The van der Waals surface area contributed by atoms with Gasteiger partial charge in [-0.25, -0.2) is 8.42 Å². The van der Waals surface area contributed by atoms with Gasteiger partial charge < -0.3 is 10.2 Å². The van der Waals surface area contributed by atoms with Gasteiger partial charge in [0.25, 0.3) is 0 Å². The Hall–Kier alpha value is -2.29. The largest absolute Gasteiger partial charge is 0.352 e. The van der Waals surface area contributed by atoms with Gasteiger partial charge in [-0.15, -0.1) is 0 Å². The van der Waals surface area contributed by atoms with Crippen molar-refractivity contribution in [1.82, 2.24) is 10.2 Å². The van der Waals surface area contributed by atoms with E-state index in [0.29, 0.717) is 12.8 Å². The molecule has 0 spiro atoms. The van der Waals surface area contributed by atoms with Crippen LogP contribution in [0.4, 0.5) is 5.69 Å². The Balaban J connectivity index is 1.87. The van der Waals surface area contributed by atoms with Crippen LogP contribution in [-0.4, -0.2) is 56.6 Å². The molecule has 7 nitrogen and oxygen atoms in total. The van der Waals surface area contributed by atoms with Crippen molar-refractivity contribution in [3.05, 3.63) is 64.1 Å². The summed E-state index contributed by atoms with van der Waals surface area (Å²) in [5.41, 5.74) is 1.25. The molecule has 2 aromatic carbocycles. The van der Waals surface area contributed by atoms with E-state index in [9.17, 15) is 18.0 Å². The number of hydrogen-bond donors (Lipinski definition) is 1. The molecule has 10 heteroatoms. The van der Waals surface area contributed by atoms with E-state index in [1.807, 2.05) is 37.3 Å². The highest BCUT2D eigenvalue weighted by molar-refractivity contribution is 7.92. The number of rotatable bonds is 11. The molecule has 3 rings (SSSR count). The monoisotopic (exact) mass is 553 g/mol. The van der Waals surface area contributed by atoms with Gasteiger partial charge in [0.05, 0.1) is 22.0 Å². The first-order chi connectivity index (χ1) is 17.1. The Bertz CT molecular complexity index is 1160. The molecule has 1 atom stereocenters. The number of benzene rings is 2. The average molecular weight is 555 g/mol. The van der Waals surface area contributed by atoms with Crippen LogP contribution in [0, 0.1) is 0 Å². The highest BCUT2D eigenvalue weighted by Gasteiger charge is 2.32. The summed E-state index contributed by atoms with van der Waals surface area (Å²) in [5, 5.41) is 3.55. The van der Waals surface area contributed by atoms with E-state index in [2.05, 4.69) is 5.32 Å². The van der Waals surface area contributed by atoms with Gasteiger partial charge in [0.1, 0.15) is 12.6 Å². The predicted molar refractivity (Wildman–Crippen MR) is 145 cm³/mol. The van der Waals surface area contributed by atoms with Crippen molar-refractivity contribution in [2.24, 2.45) is 0 Å². The molecule has 1 aliphatic carbocycles. The van der Waals surface area contributed by atoms with Gasteiger partial charge in [0, 0.05) is 12.6 Å². The molecule has 2 aromatic rings. The second kappa shape index (κ2) is 12.8. The molecule has 0 radical (unpaired) electrons. The zero-order chi connectivity index (χ0) is 26.3. The summed E-state index contributed by atoms with van der Waals surface area (Å²) in [6, 6.07) is 13.5. The summed E-state index contributed by atoms with van der Waals surface area (Å²) in [4.78, 5) is 28.4. The Morgan fingerprint density at radius 1 is 1.06 bits per heavy atom. The van der Waals surface area contributed by atoms with Crippen LogP contribution in [0.15, 0.2) is 48.5 Å². The molecule has 0 aromatic heterocycles. The number of carbonyl (C=O) groups is 2. The van der Waals surface area contributed by atoms with Crippen molar-refractivity contribution < 1.29 is 18.0 Å². The lowest BCUT2D eigenvalue weighted by molar-refractivity contribution is -0.139. The molecule has 0 saturated heterocycles. The van der Waals surface area contributed by atoms with Crippen molar-refractivity contribution in [3.8, 4) is 0 Å². The fourth-order valence-electron chi connectivity index (χ4n) is 4.52. The maximum absolute atomic E-state index is 13.7. The molecule has 0 aliphatic heterocycles. The molecule has 2 amide bonds. The summed E-state index contributed by atoms with van der Waals surface area (Å²) in [7, 11) is -3.83. The molecular formula is C26H33Cl2N3O4S. The average Bonchev–Trinajstić information content (AvgIpc) is 3.34. The summed E-state index contributed by atoms with van der Waals surface area (Å²) in [5.74, 6) is -0.665. The van der Waals surface area contributed by atoms with Crippen LogP contribution in [0.3, 0.4) is 0 Å². The summed E-state index contributed by atoms with van der Waals surface area (Å²) < 4.78 is 26.3. The molecule has 1 N–H and O–H groups in total. The van der Waals surface area contributed by atoms with Gasteiger partial charge in [-0.3, -0.25) is 13.9 Å². The quantitative estimate of drug-likeness (QED) is 0.438. The number of nitrogens with zero attached hydrogens (tertiary/aromatic N) is 2. The maximum Gasteiger partial charge on any atom is 0.244 e. The van der Waals surface area contributed by atoms with Crippen LogP contribution in [-0.2, 0) is 26.0 Å². The van der Waals surface area contributed by atoms with Crippen LogP contribution in [0.2, 0.25) is 10.0 Å². The summed E-state index contributed by atoms with van der Waals surface area (Å²) in [6.07, 6.45) is 5.98. The Kier molecular flexibility index (Phi) is 10.0. The first-order valence-corrected chi connectivity index (χ1v) is 14.8. The third-order valence-corrected chi connectivity index (χ3v) is 8.32. The van der Waals surface area contributed by atoms with Gasteiger partial charge in [0.15, 0.2) is 0 Å². The van der Waals surface area contributed by atoms with Crippen molar-refractivity contribution in [1.29, 1.82) is 0 Å². The van der Waals surface area contributed by atoms with E-state index in [-0.39, 0.29) is 34.2 Å². The number of sulfonamides is 1. The van der Waals surface area contributed by atoms with E-state index in [0.717, 1.165) is 41.8 Å². The Labute approximate surface area is 223 Å². The highest BCUT2D eigenvalue weighted by atomic mass is 35.5. The molecule has 0 heterocycles. The number of carbonyl (C=O) groups excluding carboxylic acids is 2. The summed E-state index contributed by atoms with van der Waals surface area (Å²) >= 11 is 12.1. The van der Waals surface area contributed by atoms with E-state index < -0.39 is 28.5 Å². The number of amides is 2. The van der Waals surface area contributed by atoms with Gasteiger partial charge >= 0.3 is 0 Å². The topological polar surface area (TPSA) is 86.8 Å². The van der Waals surface area contributed by atoms with Crippen molar-refractivity contribution in [2.45, 2.75) is 57.5 Å². The lowest BCUT2D eigenvalue weighted by Crippen LogP contribution is -2.54. The normalized spacial score (nSPS) is 14.9. The van der Waals surface area contributed by atoms with Gasteiger partial charge in [-0.1, -0.05) is 73.3 Å². The van der Waals surface area contributed by atoms with Gasteiger partial charge in [0.2, 0.25) is 21.8 Å². The molecule has 36 heavy (non-hydrogen) atoms. The lowest BCUT2D eigenvalue weighted by atomic mass is 10.1. The zero-order valence-corrected chi connectivity index (χ0v) is 23.0. The first-order valence-electron chi connectivity index (χ1n) is 12.2. The highest BCUT2D eigenvalue weighted by Crippen LogP contribution is 2.28. The maximum atomic E-state index is 13.7. The van der Waals surface area contributed by atoms with Crippen molar-refractivity contribution in [3.63, 3.8) is 0 Å². The van der Waals surface area contributed by atoms with Crippen LogP contribution in [0.1, 0.15) is 44.6 Å². The van der Waals surface area contributed by atoms with E-state index >= 15 is 0 Å². The number of hydrogen-bond acceptors (Lipinski definition) is 4. The van der Waals surface area contributed by atoms with E-state index in [1.54, 1.807) is 0 Å². The standard InChI is InChI=1S/C26H33Cl2N3O4S/c1-3-24(26(33)29-20-11-7-8-12-20)30(16-15-19-9-5-4-6-10-19)25(32)18-31(36(2,34)35)21-13-14-22(27)23(28)17-21/h4-6,9-10,13-14,17,20,24H,3,7-8,11-12,15-16,18H2,1-2H3,(H,29,33). The fraction of sp³-hybridized carbons (Fsp3) is 0.462. The SMILES string of the molecule is CCC(C(=O)NC1CCCC1)N(CCc1ccccc1)C(=O)CN(c1ccc(Cl)c(Cl)c1)S(C)(=O)=O. The minimum Gasteiger partial charge on any atom is -0.352 e. The zero-order valence-electron chi connectivity index (χ0n) is 20.6. The van der Waals surface area contributed by atoms with Crippen LogP contribution < -0.4 is 9.62 Å². The number of nitrogens with one attached hydrogen (secondary N) is 1. The minimum atomic E-state index is -3.83. The lowest BCUT2D eigenvalue weighted by Gasteiger charge is -2.33. The third-order valence-electron chi connectivity index (χ3n) is 6.44. The molecule has 1 aliphatic rings. The molecular weight excluding hydrogens is 521 g/mol. The van der Waals surface area contributed by atoms with Gasteiger partial charge in [-0.05, 0) is 49.4 Å². The van der Waals surface area contributed by atoms with Gasteiger partial charge in [-0.2, -0.15) is 0 Å².